The van der Waals surface area contributed by atoms with Crippen LogP contribution in [0.25, 0.3) is 0 Å². The molecular formula is C32H42O5Si. The first-order chi connectivity index (χ1) is 18.3. The lowest BCUT2D eigenvalue weighted by molar-refractivity contribution is -0.145. The van der Waals surface area contributed by atoms with Gasteiger partial charge in [-0.2, -0.15) is 0 Å². The second-order valence-electron chi connectivity index (χ2n) is 9.24. The molecule has 0 rings (SSSR count). The molecule has 0 atom stereocenters. The molecular weight excluding hydrogens is 492 g/mol. The van der Waals surface area contributed by atoms with Gasteiger partial charge in [0.15, 0.2) is 0 Å². The highest BCUT2D eigenvalue weighted by Gasteiger charge is 2.41. The number of carbonyl (C=O) groups excluding carboxylic acids is 1. The van der Waals surface area contributed by atoms with Gasteiger partial charge in [-0.25, -0.2) is 0 Å². The number of ether oxygens (including phenoxy) is 4. The molecule has 0 radical (unpaired) electrons. The van der Waals surface area contributed by atoms with Crippen molar-refractivity contribution in [1.29, 1.82) is 0 Å². The largest absolute Gasteiger partial charge is 0.463 e. The fourth-order valence-corrected chi connectivity index (χ4v) is 9.15. The SMILES string of the molecule is COCCOCCOCCOC(=O)CCCC#CC#CC#CC#CC#CC#C[Si](C(C)C)(C(C)C)C(C)C. The number of esters is 1. The molecule has 0 spiro atoms. The Morgan fingerprint density at radius 1 is 0.632 bits per heavy atom. The maximum absolute atomic E-state index is 11.7. The Labute approximate surface area is 232 Å². The van der Waals surface area contributed by atoms with Crippen molar-refractivity contribution in [3.05, 3.63) is 0 Å². The molecule has 204 valence electrons. The van der Waals surface area contributed by atoms with Crippen molar-refractivity contribution in [3.63, 3.8) is 0 Å². The zero-order chi connectivity index (χ0) is 28.5. The summed E-state index contributed by atoms with van der Waals surface area (Å²) in [7, 11) is -0.133. The highest BCUT2D eigenvalue weighted by molar-refractivity contribution is 6.90. The van der Waals surface area contributed by atoms with Crippen LogP contribution >= 0.6 is 0 Å². The number of hydrogen-bond donors (Lipinski definition) is 0. The van der Waals surface area contributed by atoms with E-state index >= 15 is 0 Å². The standard InChI is InChI=1S/C32H42O5Si/c1-29(2)38(30(3)4,31(5)6)28-20-18-16-14-12-10-8-9-11-13-15-17-19-21-32(33)37-27-26-36-25-24-35-23-22-34-7/h29-31H,17,19,21-27H2,1-7H3. The van der Waals surface area contributed by atoms with Crippen LogP contribution in [-0.4, -0.2) is 60.8 Å². The van der Waals surface area contributed by atoms with Crippen LogP contribution in [0, 0.1) is 70.7 Å². The molecule has 0 aliphatic heterocycles. The van der Waals surface area contributed by atoms with E-state index < -0.39 is 8.07 Å². The maximum Gasteiger partial charge on any atom is 0.305 e. The Morgan fingerprint density at radius 2 is 1.08 bits per heavy atom. The van der Waals surface area contributed by atoms with Crippen LogP contribution in [0.1, 0.15) is 60.8 Å². The molecule has 0 saturated carbocycles. The van der Waals surface area contributed by atoms with Crippen molar-refractivity contribution in [2.45, 2.75) is 77.4 Å². The Kier molecular flexibility index (Phi) is 21.2. The van der Waals surface area contributed by atoms with Crippen molar-refractivity contribution in [3.8, 4) is 70.7 Å². The zero-order valence-electron chi connectivity index (χ0n) is 24.1. The second-order valence-corrected chi connectivity index (χ2v) is 14.8. The van der Waals surface area contributed by atoms with E-state index in [1.54, 1.807) is 7.11 Å². The Bertz CT molecular complexity index is 1050. The summed E-state index contributed by atoms with van der Waals surface area (Å²) < 4.78 is 20.5. The number of methoxy groups -OCH3 is 1. The summed E-state index contributed by atoms with van der Waals surface area (Å²) >= 11 is 0. The fourth-order valence-electron chi connectivity index (χ4n) is 4.00. The average molecular weight is 535 g/mol. The number of carbonyl (C=O) groups is 1. The van der Waals surface area contributed by atoms with Crippen LogP contribution in [-0.2, 0) is 23.7 Å². The monoisotopic (exact) mass is 534 g/mol. The van der Waals surface area contributed by atoms with Gasteiger partial charge < -0.3 is 18.9 Å². The summed E-state index contributed by atoms with van der Waals surface area (Å²) in [6, 6.07) is 0. The second kappa shape index (κ2) is 23.1. The van der Waals surface area contributed by atoms with Crippen LogP contribution < -0.4 is 0 Å². The lowest BCUT2D eigenvalue weighted by Crippen LogP contribution is -2.43. The minimum atomic E-state index is -1.75. The summed E-state index contributed by atoms with van der Waals surface area (Å²) in [4.78, 5) is 11.7. The van der Waals surface area contributed by atoms with Crippen LogP contribution in [0.2, 0.25) is 16.6 Å². The normalized spacial score (nSPS) is 9.74. The molecule has 0 fully saturated rings. The van der Waals surface area contributed by atoms with E-state index in [1.807, 2.05) is 0 Å². The van der Waals surface area contributed by atoms with Crippen molar-refractivity contribution in [2.24, 2.45) is 0 Å². The molecule has 0 unspecified atom stereocenters. The molecule has 0 aromatic rings. The first-order valence-electron chi connectivity index (χ1n) is 13.1. The van der Waals surface area contributed by atoms with Gasteiger partial charge in [-0.3, -0.25) is 4.79 Å². The van der Waals surface area contributed by atoms with Gasteiger partial charge in [-0.1, -0.05) is 47.5 Å². The van der Waals surface area contributed by atoms with Gasteiger partial charge in [0.1, 0.15) is 14.7 Å². The van der Waals surface area contributed by atoms with Crippen molar-refractivity contribution in [2.75, 3.05) is 46.8 Å². The van der Waals surface area contributed by atoms with Gasteiger partial charge >= 0.3 is 5.97 Å². The smallest absolute Gasteiger partial charge is 0.305 e. The molecule has 0 aliphatic carbocycles. The van der Waals surface area contributed by atoms with Gasteiger partial charge in [-0.05, 0) is 82.2 Å². The maximum atomic E-state index is 11.7. The minimum Gasteiger partial charge on any atom is -0.463 e. The molecule has 0 heterocycles. The van der Waals surface area contributed by atoms with Crippen LogP contribution in [0.4, 0.5) is 0 Å². The molecule has 38 heavy (non-hydrogen) atoms. The van der Waals surface area contributed by atoms with Gasteiger partial charge in [0, 0.05) is 20.0 Å². The Hall–Kier alpha value is -3.07. The van der Waals surface area contributed by atoms with E-state index in [2.05, 4.69) is 112 Å². The summed E-state index contributed by atoms with van der Waals surface area (Å²) in [5.74, 6) is 29.8. The van der Waals surface area contributed by atoms with E-state index in [9.17, 15) is 4.79 Å². The topological polar surface area (TPSA) is 54.0 Å². The number of rotatable bonds is 15. The van der Waals surface area contributed by atoms with E-state index in [1.165, 1.54) is 0 Å². The van der Waals surface area contributed by atoms with Crippen LogP contribution in [0.3, 0.4) is 0 Å². The Balaban J connectivity index is 4.21. The average Bonchev–Trinajstić information content (AvgIpc) is 2.86. The molecule has 0 aromatic carbocycles. The lowest BCUT2D eigenvalue weighted by atomic mass is 10.2. The van der Waals surface area contributed by atoms with E-state index in [0.29, 0.717) is 68.9 Å². The van der Waals surface area contributed by atoms with Crippen molar-refractivity contribution in [1.82, 2.24) is 0 Å². The van der Waals surface area contributed by atoms with Crippen LogP contribution in [0.15, 0.2) is 0 Å². The summed E-state index contributed by atoms with van der Waals surface area (Å²) in [5.41, 5.74) is 5.26. The third kappa shape index (κ3) is 16.6. The van der Waals surface area contributed by atoms with Gasteiger partial charge in [0.25, 0.3) is 0 Å². The molecule has 0 saturated heterocycles. The van der Waals surface area contributed by atoms with E-state index in [-0.39, 0.29) is 12.6 Å². The summed E-state index contributed by atoms with van der Waals surface area (Å²) in [6.45, 7) is 16.2. The third-order valence-electron chi connectivity index (χ3n) is 5.77. The highest BCUT2D eigenvalue weighted by atomic mass is 28.3. The van der Waals surface area contributed by atoms with Crippen LogP contribution in [0.5, 0.6) is 0 Å². The molecule has 0 amide bonds. The molecule has 0 bridgehead atoms. The van der Waals surface area contributed by atoms with Gasteiger partial charge in [-0.15, -0.1) is 5.54 Å². The van der Waals surface area contributed by atoms with Gasteiger partial charge in [0.2, 0.25) is 0 Å². The quantitative estimate of drug-likeness (QED) is 0.133. The minimum absolute atomic E-state index is 0.227. The predicted octanol–water partition coefficient (Wildman–Crippen LogP) is 4.62. The van der Waals surface area contributed by atoms with Crippen molar-refractivity contribution < 1.29 is 23.7 Å². The molecule has 0 aliphatic rings. The highest BCUT2D eigenvalue weighted by Crippen LogP contribution is 2.40. The number of hydrogen-bond acceptors (Lipinski definition) is 5. The van der Waals surface area contributed by atoms with E-state index in [4.69, 9.17) is 18.9 Å². The van der Waals surface area contributed by atoms with E-state index in [0.717, 1.165) is 0 Å². The predicted molar refractivity (Wildman–Crippen MR) is 156 cm³/mol. The first kappa shape index (κ1) is 34.9. The molecule has 0 N–H and O–H groups in total. The summed E-state index contributed by atoms with van der Waals surface area (Å²) in [6.07, 6.45) is 1.46. The number of unbranched alkanes of at least 4 members (excludes halogenated alkanes) is 1. The summed E-state index contributed by atoms with van der Waals surface area (Å²) in [5, 5.41) is 0. The lowest BCUT2D eigenvalue weighted by Gasteiger charge is -2.37. The van der Waals surface area contributed by atoms with Crippen molar-refractivity contribution >= 4 is 14.0 Å². The Morgan fingerprint density at radius 3 is 1.58 bits per heavy atom. The first-order valence-corrected chi connectivity index (χ1v) is 15.3. The fraction of sp³-hybridized carbons (Fsp3) is 0.594. The molecule has 0 aromatic heterocycles. The molecule has 6 heteroatoms. The van der Waals surface area contributed by atoms with Gasteiger partial charge in [0.05, 0.1) is 33.0 Å². The molecule has 5 nitrogen and oxygen atoms in total. The third-order valence-corrected chi connectivity index (χ3v) is 12.1. The zero-order valence-corrected chi connectivity index (χ0v) is 25.1.